The highest BCUT2D eigenvalue weighted by atomic mass is 16.4. The largest absolute Gasteiger partial charge is 0.481 e. The summed E-state index contributed by atoms with van der Waals surface area (Å²) in [4.78, 5) is 12.0. The molecule has 0 atom stereocenters. The van der Waals surface area contributed by atoms with Crippen molar-refractivity contribution in [2.75, 3.05) is 32.7 Å². The highest BCUT2D eigenvalue weighted by Crippen LogP contribution is 2.02. The standard InChI is InChI=1S/C5H9NO2.C2H5N/c7-5(8)1-2-6-3-4-6;1-2-3-1/h1-4H2,(H,7,8);3H,1-2H2. The second-order valence-corrected chi connectivity index (χ2v) is 2.74. The summed E-state index contributed by atoms with van der Waals surface area (Å²) >= 11 is 0. The predicted molar refractivity (Wildman–Crippen MR) is 41.6 cm³/mol. The molecular weight excluding hydrogens is 144 g/mol. The van der Waals surface area contributed by atoms with Crippen LogP contribution in [0, 0.1) is 0 Å². The summed E-state index contributed by atoms with van der Waals surface area (Å²) in [5.74, 6) is -0.697. The van der Waals surface area contributed by atoms with Crippen molar-refractivity contribution in [2.24, 2.45) is 0 Å². The lowest BCUT2D eigenvalue weighted by atomic mass is 10.4. The Labute approximate surface area is 66.2 Å². The molecule has 0 amide bonds. The number of rotatable bonds is 3. The van der Waals surface area contributed by atoms with Gasteiger partial charge >= 0.3 is 5.97 Å². The van der Waals surface area contributed by atoms with E-state index in [-0.39, 0.29) is 0 Å². The van der Waals surface area contributed by atoms with Gasteiger partial charge in [0.15, 0.2) is 0 Å². The number of hydrogen-bond donors (Lipinski definition) is 2. The molecule has 4 nitrogen and oxygen atoms in total. The molecule has 2 N–H and O–H groups in total. The molecule has 0 aromatic carbocycles. The van der Waals surface area contributed by atoms with Crippen LogP contribution in [0.25, 0.3) is 0 Å². The zero-order valence-corrected chi connectivity index (χ0v) is 6.55. The van der Waals surface area contributed by atoms with Gasteiger partial charge in [-0.3, -0.25) is 4.79 Å². The Balaban J connectivity index is 0.000000167. The fraction of sp³-hybridized carbons (Fsp3) is 0.857. The fourth-order valence-electron chi connectivity index (χ4n) is 0.548. The summed E-state index contributed by atoms with van der Waals surface area (Å²) in [6.45, 7) is 5.41. The van der Waals surface area contributed by atoms with E-state index < -0.39 is 5.97 Å². The van der Waals surface area contributed by atoms with Crippen LogP contribution in [0.3, 0.4) is 0 Å². The highest BCUT2D eigenvalue weighted by Gasteiger charge is 2.16. The van der Waals surface area contributed by atoms with Crippen LogP contribution in [0.5, 0.6) is 0 Å². The third-order valence-corrected chi connectivity index (χ3v) is 1.43. The Morgan fingerprint density at radius 1 is 1.45 bits per heavy atom. The molecule has 2 aliphatic rings. The quantitative estimate of drug-likeness (QED) is 0.537. The maximum absolute atomic E-state index is 9.90. The Bertz CT molecular complexity index is 130. The average molecular weight is 158 g/mol. The Kier molecular flexibility index (Phi) is 3.32. The lowest BCUT2D eigenvalue weighted by molar-refractivity contribution is -0.137. The van der Waals surface area contributed by atoms with Gasteiger partial charge in [-0.05, 0) is 0 Å². The smallest absolute Gasteiger partial charge is 0.304 e. The molecular formula is C7H14N2O2. The summed E-state index contributed by atoms with van der Waals surface area (Å²) in [6.07, 6.45) is 0.292. The van der Waals surface area contributed by atoms with Gasteiger partial charge in [-0.1, -0.05) is 0 Å². The lowest BCUT2D eigenvalue weighted by Gasteiger charge is -1.92. The summed E-state index contributed by atoms with van der Waals surface area (Å²) in [5, 5.41) is 11.2. The molecule has 0 spiro atoms. The first-order chi connectivity index (χ1) is 5.29. The minimum atomic E-state index is -0.697. The van der Waals surface area contributed by atoms with Crippen LogP contribution in [0.2, 0.25) is 0 Å². The molecule has 64 valence electrons. The van der Waals surface area contributed by atoms with Crippen LogP contribution in [-0.2, 0) is 4.79 Å². The SMILES string of the molecule is C1CN1.O=C(O)CCN1CC1. The van der Waals surface area contributed by atoms with E-state index in [4.69, 9.17) is 5.11 Å². The van der Waals surface area contributed by atoms with Crippen LogP contribution in [0.1, 0.15) is 6.42 Å². The first kappa shape index (κ1) is 8.49. The van der Waals surface area contributed by atoms with Gasteiger partial charge in [0.1, 0.15) is 0 Å². The van der Waals surface area contributed by atoms with Crippen molar-refractivity contribution in [3.63, 3.8) is 0 Å². The molecule has 0 aromatic rings. The highest BCUT2D eigenvalue weighted by molar-refractivity contribution is 5.66. The number of nitrogens with one attached hydrogen (secondary N) is 1. The molecule has 2 heterocycles. The molecule has 11 heavy (non-hydrogen) atoms. The zero-order chi connectivity index (χ0) is 8.10. The minimum Gasteiger partial charge on any atom is -0.481 e. The second-order valence-electron chi connectivity index (χ2n) is 2.74. The van der Waals surface area contributed by atoms with Crippen LogP contribution in [0.15, 0.2) is 0 Å². The van der Waals surface area contributed by atoms with E-state index in [0.29, 0.717) is 6.42 Å². The molecule has 0 unspecified atom stereocenters. The summed E-state index contributed by atoms with van der Waals surface area (Å²) < 4.78 is 0. The third-order valence-electron chi connectivity index (χ3n) is 1.43. The van der Waals surface area contributed by atoms with E-state index >= 15 is 0 Å². The maximum Gasteiger partial charge on any atom is 0.304 e. The number of nitrogens with zero attached hydrogens (tertiary/aromatic N) is 1. The Morgan fingerprint density at radius 2 is 2.00 bits per heavy atom. The number of hydrogen-bond acceptors (Lipinski definition) is 3. The van der Waals surface area contributed by atoms with Crippen LogP contribution >= 0.6 is 0 Å². The molecule has 0 radical (unpaired) electrons. The normalized spacial score (nSPS) is 20.0. The molecule has 0 bridgehead atoms. The van der Waals surface area contributed by atoms with Crippen molar-refractivity contribution in [3.8, 4) is 0 Å². The third kappa shape index (κ3) is 7.29. The summed E-state index contributed by atoms with van der Waals surface area (Å²) in [6, 6.07) is 0. The van der Waals surface area contributed by atoms with Gasteiger partial charge in [0, 0.05) is 32.7 Å². The van der Waals surface area contributed by atoms with E-state index in [0.717, 1.165) is 19.6 Å². The summed E-state index contributed by atoms with van der Waals surface area (Å²) in [5.41, 5.74) is 0. The Hall–Kier alpha value is -0.610. The molecule has 0 aliphatic carbocycles. The Morgan fingerprint density at radius 3 is 2.27 bits per heavy atom. The molecule has 2 aliphatic heterocycles. The van der Waals surface area contributed by atoms with Crippen molar-refractivity contribution >= 4 is 5.97 Å². The van der Waals surface area contributed by atoms with Gasteiger partial charge < -0.3 is 15.3 Å². The number of carboxylic acids is 1. The number of aliphatic carboxylic acids is 1. The lowest BCUT2D eigenvalue weighted by Crippen LogP contribution is -2.05. The topological polar surface area (TPSA) is 62.3 Å². The van der Waals surface area contributed by atoms with Crippen LogP contribution in [-0.4, -0.2) is 48.7 Å². The first-order valence-corrected chi connectivity index (χ1v) is 3.94. The van der Waals surface area contributed by atoms with E-state index in [1.165, 1.54) is 13.1 Å². The van der Waals surface area contributed by atoms with Crippen molar-refractivity contribution in [3.05, 3.63) is 0 Å². The summed E-state index contributed by atoms with van der Waals surface area (Å²) in [7, 11) is 0. The monoisotopic (exact) mass is 158 g/mol. The van der Waals surface area contributed by atoms with Gasteiger partial charge in [-0.2, -0.15) is 0 Å². The van der Waals surface area contributed by atoms with Crippen LogP contribution < -0.4 is 5.32 Å². The molecule has 0 saturated carbocycles. The van der Waals surface area contributed by atoms with Gasteiger partial charge in [-0.15, -0.1) is 0 Å². The maximum atomic E-state index is 9.90. The van der Waals surface area contributed by atoms with Gasteiger partial charge in [0.25, 0.3) is 0 Å². The number of carbonyl (C=O) groups is 1. The zero-order valence-electron chi connectivity index (χ0n) is 6.55. The van der Waals surface area contributed by atoms with Gasteiger partial charge in [0.2, 0.25) is 0 Å². The van der Waals surface area contributed by atoms with Crippen molar-refractivity contribution in [1.82, 2.24) is 10.2 Å². The van der Waals surface area contributed by atoms with Crippen molar-refractivity contribution in [2.45, 2.75) is 6.42 Å². The molecule has 0 aromatic heterocycles. The molecule has 4 heteroatoms. The number of carboxylic acid groups (broad SMARTS) is 1. The molecule has 2 rings (SSSR count). The fourth-order valence-corrected chi connectivity index (χ4v) is 0.548. The van der Waals surface area contributed by atoms with Crippen molar-refractivity contribution < 1.29 is 9.90 Å². The van der Waals surface area contributed by atoms with E-state index in [1.54, 1.807) is 0 Å². The first-order valence-electron chi connectivity index (χ1n) is 3.94. The van der Waals surface area contributed by atoms with E-state index in [2.05, 4.69) is 10.2 Å². The molecule has 2 fully saturated rings. The van der Waals surface area contributed by atoms with Crippen LogP contribution in [0.4, 0.5) is 0 Å². The predicted octanol–water partition coefficient (Wildman–Crippen LogP) is -0.634. The second kappa shape index (κ2) is 4.31. The van der Waals surface area contributed by atoms with Gasteiger partial charge in [-0.25, -0.2) is 0 Å². The average Bonchev–Trinajstić information content (AvgIpc) is 2.79. The van der Waals surface area contributed by atoms with E-state index in [1.807, 2.05) is 0 Å². The molecule has 2 saturated heterocycles. The van der Waals surface area contributed by atoms with E-state index in [9.17, 15) is 4.79 Å². The van der Waals surface area contributed by atoms with Crippen molar-refractivity contribution in [1.29, 1.82) is 0 Å². The van der Waals surface area contributed by atoms with Gasteiger partial charge in [0.05, 0.1) is 6.42 Å². The minimum absolute atomic E-state index is 0.292.